The average Bonchev–Trinajstić information content (AvgIpc) is 3.47. The number of para-hydroxylation sites is 1. The molecule has 38 heavy (non-hydrogen) atoms. The van der Waals surface area contributed by atoms with Crippen LogP contribution in [0.3, 0.4) is 0 Å². The number of allylic oxidation sites excluding steroid dienone is 4. The van der Waals surface area contributed by atoms with Gasteiger partial charge in [-0.3, -0.25) is 14.6 Å². The van der Waals surface area contributed by atoms with Crippen LogP contribution in [0.1, 0.15) is 6.42 Å². The van der Waals surface area contributed by atoms with E-state index in [2.05, 4.69) is 74.1 Å². The maximum absolute atomic E-state index is 7.89. The van der Waals surface area contributed by atoms with Gasteiger partial charge in [0, 0.05) is 30.9 Å². The number of fused-ring (bicyclic) bond motifs is 4. The van der Waals surface area contributed by atoms with Gasteiger partial charge in [-0.25, -0.2) is 9.83 Å². The number of anilines is 1. The lowest BCUT2D eigenvalue weighted by atomic mass is 10.1. The van der Waals surface area contributed by atoms with Gasteiger partial charge in [-0.2, -0.15) is 0 Å². The quantitative estimate of drug-likeness (QED) is 0.238. The fourth-order valence-electron chi connectivity index (χ4n) is 5.30. The molecule has 5 aromatic rings. The molecule has 0 saturated heterocycles. The number of nitrogens with zero attached hydrogens (tertiary/aromatic N) is 5. The van der Waals surface area contributed by atoms with Crippen LogP contribution < -0.4 is 9.75 Å². The molecule has 182 valence electrons. The van der Waals surface area contributed by atoms with E-state index in [0.29, 0.717) is 17.2 Å². The minimum absolute atomic E-state index is 0.467. The molecule has 0 spiro atoms. The largest absolute Gasteiger partial charge is 0.468 e. The molecule has 3 aromatic carbocycles. The molecular weight excluding hydrogens is 470 g/mol. The summed E-state index contributed by atoms with van der Waals surface area (Å²) in [6, 6.07) is 25.9. The van der Waals surface area contributed by atoms with E-state index in [1.165, 1.54) is 11.3 Å². The first-order valence-corrected chi connectivity index (χ1v) is 12.5. The van der Waals surface area contributed by atoms with Crippen LogP contribution in [0, 0.1) is 6.57 Å². The summed E-state index contributed by atoms with van der Waals surface area (Å²) in [5, 5.41) is 6.33. The number of pyridine rings is 1. The molecule has 6 heteroatoms. The van der Waals surface area contributed by atoms with Crippen molar-refractivity contribution in [3.63, 3.8) is 0 Å². The average molecular weight is 494 g/mol. The van der Waals surface area contributed by atoms with Crippen molar-refractivity contribution in [2.24, 2.45) is 0 Å². The fraction of sp³-hybridized carbons (Fsp3) is 0.0625. The molecule has 1 aliphatic carbocycles. The normalized spacial score (nSPS) is 14.4. The summed E-state index contributed by atoms with van der Waals surface area (Å²) in [5.41, 5.74) is 5.91. The topological polar surface area (TPSA) is 37.9 Å². The van der Waals surface area contributed by atoms with Gasteiger partial charge in [0.2, 0.25) is 5.69 Å². The van der Waals surface area contributed by atoms with Crippen LogP contribution in [0.2, 0.25) is 0 Å². The zero-order valence-corrected chi connectivity index (χ0v) is 20.7. The molecule has 0 radical (unpaired) electrons. The molecule has 0 amide bonds. The van der Waals surface area contributed by atoms with Crippen LogP contribution in [-0.2, 0) is 0 Å². The predicted octanol–water partition coefficient (Wildman–Crippen LogP) is 7.92. The second-order valence-corrected chi connectivity index (χ2v) is 9.30. The molecule has 0 unspecified atom stereocenters. The summed E-state index contributed by atoms with van der Waals surface area (Å²) in [4.78, 5) is 8.43. The van der Waals surface area contributed by atoms with Crippen LogP contribution in [0.15, 0.2) is 121 Å². The molecule has 0 bridgehead atoms. The summed E-state index contributed by atoms with van der Waals surface area (Å²) in [5.74, 6) is 2.00. The maximum atomic E-state index is 7.89. The fourth-order valence-corrected chi connectivity index (χ4v) is 5.30. The Morgan fingerprint density at radius 2 is 1.82 bits per heavy atom. The summed E-state index contributed by atoms with van der Waals surface area (Å²) in [6.07, 6.45) is 11.3. The number of aromatic nitrogens is 2. The van der Waals surface area contributed by atoms with Crippen molar-refractivity contribution in [3.05, 3.63) is 132 Å². The Morgan fingerprint density at radius 3 is 2.66 bits per heavy atom. The Balaban J connectivity index is 1.33. The first-order valence-electron chi connectivity index (χ1n) is 12.5. The van der Waals surface area contributed by atoms with E-state index >= 15 is 0 Å². The van der Waals surface area contributed by atoms with E-state index in [9.17, 15) is 0 Å². The third-order valence-electron chi connectivity index (χ3n) is 7.07. The third-order valence-corrected chi connectivity index (χ3v) is 7.07. The Bertz CT molecular complexity index is 1860. The molecular formula is C32H23N5O. The van der Waals surface area contributed by atoms with Crippen LogP contribution in [0.5, 0.6) is 11.5 Å². The molecule has 3 heterocycles. The van der Waals surface area contributed by atoms with Gasteiger partial charge in [0.05, 0.1) is 29.0 Å². The zero-order chi connectivity index (χ0) is 25.6. The Labute approximate surface area is 220 Å². The van der Waals surface area contributed by atoms with Crippen LogP contribution in [0.4, 0.5) is 11.4 Å². The molecule has 0 N–H and O–H groups in total. The van der Waals surface area contributed by atoms with Crippen LogP contribution in [-0.4, -0.2) is 21.6 Å². The van der Waals surface area contributed by atoms with Crippen LogP contribution in [0.25, 0.3) is 32.5 Å². The Kier molecular flexibility index (Phi) is 5.02. The SMILES string of the molecule is [C-]#[N+]c1cc2c3ccccc3n(-c3ccccn3)c2cc1Oc1cccc(N2C=C3CC=CC=C3N2C)c1. The number of ether oxygens (including phenoxy) is 1. The molecule has 6 nitrogen and oxygen atoms in total. The Hall–Kier alpha value is -5.28. The van der Waals surface area contributed by atoms with Gasteiger partial charge < -0.3 is 4.74 Å². The van der Waals surface area contributed by atoms with Crippen molar-refractivity contribution in [1.29, 1.82) is 0 Å². The van der Waals surface area contributed by atoms with Gasteiger partial charge in [-0.15, -0.1) is 0 Å². The summed E-state index contributed by atoms with van der Waals surface area (Å²) < 4.78 is 8.53. The highest BCUT2D eigenvalue weighted by molar-refractivity contribution is 6.11. The second-order valence-electron chi connectivity index (χ2n) is 9.30. The smallest absolute Gasteiger partial charge is 0.229 e. The minimum atomic E-state index is 0.467. The molecule has 1 aliphatic heterocycles. The number of hydrogen-bond acceptors (Lipinski definition) is 4. The van der Waals surface area contributed by atoms with E-state index in [1.807, 2.05) is 60.7 Å². The highest BCUT2D eigenvalue weighted by Gasteiger charge is 2.25. The lowest BCUT2D eigenvalue weighted by molar-refractivity contribution is 0.449. The third kappa shape index (κ3) is 3.45. The highest BCUT2D eigenvalue weighted by atomic mass is 16.5. The standard InChI is InChI=1S/C32H23N5O/c1-33-27-19-26-25-13-4-6-15-29(25)37(32-16-7-8-17-34-32)30(26)20-31(27)38-24-12-9-11-23(18-24)36-21-22-10-3-5-14-28(22)35(36)2/h3-9,11-21H,10H2,2H3. The second kappa shape index (κ2) is 8.68. The summed E-state index contributed by atoms with van der Waals surface area (Å²) >= 11 is 0. The van der Waals surface area contributed by atoms with Crippen molar-refractivity contribution in [2.75, 3.05) is 12.1 Å². The van der Waals surface area contributed by atoms with Crippen molar-refractivity contribution < 1.29 is 4.74 Å². The van der Waals surface area contributed by atoms with Gasteiger partial charge in [0.15, 0.2) is 0 Å². The van der Waals surface area contributed by atoms with Crippen molar-refractivity contribution >= 4 is 33.2 Å². The summed E-state index contributed by atoms with van der Waals surface area (Å²) in [6.45, 7) is 7.89. The Morgan fingerprint density at radius 1 is 0.921 bits per heavy atom. The highest BCUT2D eigenvalue weighted by Crippen LogP contribution is 2.42. The lowest BCUT2D eigenvalue weighted by Crippen LogP contribution is -2.30. The number of hydrogen-bond donors (Lipinski definition) is 0. The molecule has 0 saturated carbocycles. The number of rotatable bonds is 4. The monoisotopic (exact) mass is 493 g/mol. The van der Waals surface area contributed by atoms with E-state index in [-0.39, 0.29) is 0 Å². The van der Waals surface area contributed by atoms with Gasteiger partial charge in [-0.05, 0) is 65.9 Å². The number of likely N-dealkylation sites (N-methyl/N-ethyl adjacent to an activating group) is 1. The van der Waals surface area contributed by atoms with Crippen molar-refractivity contribution in [3.8, 4) is 17.3 Å². The maximum Gasteiger partial charge on any atom is 0.229 e. The molecule has 0 fully saturated rings. The van der Waals surface area contributed by atoms with Crippen molar-refractivity contribution in [2.45, 2.75) is 6.42 Å². The molecule has 0 atom stereocenters. The van der Waals surface area contributed by atoms with E-state index in [4.69, 9.17) is 11.3 Å². The molecule has 2 aromatic heterocycles. The van der Waals surface area contributed by atoms with E-state index in [0.717, 1.165) is 39.7 Å². The first kappa shape index (κ1) is 22.0. The van der Waals surface area contributed by atoms with Gasteiger partial charge in [0.1, 0.15) is 17.3 Å². The minimum Gasteiger partial charge on any atom is -0.468 e. The molecule has 7 rings (SSSR count). The number of benzene rings is 3. The van der Waals surface area contributed by atoms with Gasteiger partial charge in [0.25, 0.3) is 0 Å². The molecule has 2 aliphatic rings. The first-order chi connectivity index (χ1) is 18.7. The lowest BCUT2D eigenvalue weighted by Gasteiger charge is -2.28. The van der Waals surface area contributed by atoms with E-state index < -0.39 is 0 Å². The van der Waals surface area contributed by atoms with E-state index in [1.54, 1.807) is 6.20 Å². The van der Waals surface area contributed by atoms with Gasteiger partial charge >= 0.3 is 0 Å². The van der Waals surface area contributed by atoms with Crippen LogP contribution >= 0.6 is 0 Å². The summed E-state index contributed by atoms with van der Waals surface area (Å²) in [7, 11) is 2.06. The number of hydrazine groups is 1. The zero-order valence-electron chi connectivity index (χ0n) is 20.7. The van der Waals surface area contributed by atoms with Crippen molar-refractivity contribution in [1.82, 2.24) is 14.6 Å². The van der Waals surface area contributed by atoms with Gasteiger partial charge in [-0.1, -0.05) is 42.5 Å². The predicted molar refractivity (Wildman–Crippen MR) is 152 cm³/mol.